The number of rotatable bonds is 8. The SMILES string of the molecule is COc1cc(-c2cnc3ccc(-c4cnc(N)c(C(F)(F)F)c4)nn23)ccc1OCCCNC(=O)O. The maximum Gasteiger partial charge on any atom is 0.419 e. The first-order valence-electron chi connectivity index (χ1n) is 10.6. The van der Waals surface area contributed by atoms with E-state index in [2.05, 4.69) is 20.4 Å². The van der Waals surface area contributed by atoms with Crippen LogP contribution in [0.15, 0.2) is 48.8 Å². The van der Waals surface area contributed by atoms with Crippen molar-refractivity contribution in [3.8, 4) is 34.0 Å². The number of hydrogen-bond donors (Lipinski definition) is 3. The van der Waals surface area contributed by atoms with Crippen molar-refractivity contribution in [2.24, 2.45) is 0 Å². The fraction of sp³-hybridized carbons (Fsp3) is 0.217. The van der Waals surface area contributed by atoms with Gasteiger partial charge in [0, 0.05) is 23.9 Å². The fourth-order valence-electron chi connectivity index (χ4n) is 3.46. The third kappa shape index (κ3) is 5.24. The average Bonchev–Trinajstić information content (AvgIpc) is 3.26. The van der Waals surface area contributed by atoms with Gasteiger partial charge in [0.1, 0.15) is 5.82 Å². The number of fused-ring (bicyclic) bond motifs is 1. The molecule has 10 nitrogen and oxygen atoms in total. The Labute approximate surface area is 202 Å². The van der Waals surface area contributed by atoms with Gasteiger partial charge in [-0.3, -0.25) is 0 Å². The van der Waals surface area contributed by atoms with E-state index >= 15 is 0 Å². The predicted octanol–water partition coefficient (Wildman–Crippen LogP) is 4.10. The van der Waals surface area contributed by atoms with Gasteiger partial charge < -0.3 is 25.6 Å². The summed E-state index contributed by atoms with van der Waals surface area (Å²) in [6, 6.07) is 9.27. The number of methoxy groups -OCH3 is 1. The Morgan fingerprint density at radius 2 is 1.92 bits per heavy atom. The Morgan fingerprint density at radius 3 is 2.64 bits per heavy atom. The lowest BCUT2D eigenvalue weighted by molar-refractivity contribution is -0.137. The van der Waals surface area contributed by atoms with E-state index in [-0.39, 0.29) is 24.4 Å². The molecule has 13 heteroatoms. The molecule has 0 aliphatic rings. The second-order valence-corrected chi connectivity index (χ2v) is 7.59. The van der Waals surface area contributed by atoms with Crippen LogP contribution in [0.2, 0.25) is 0 Å². The molecule has 0 bridgehead atoms. The molecule has 188 valence electrons. The zero-order chi connectivity index (χ0) is 25.9. The summed E-state index contributed by atoms with van der Waals surface area (Å²) in [7, 11) is 1.48. The van der Waals surface area contributed by atoms with Crippen molar-refractivity contribution in [1.29, 1.82) is 0 Å². The van der Waals surface area contributed by atoms with Crippen LogP contribution in [0.1, 0.15) is 12.0 Å². The van der Waals surface area contributed by atoms with E-state index in [0.29, 0.717) is 34.8 Å². The number of amides is 1. The highest BCUT2D eigenvalue weighted by Gasteiger charge is 2.34. The first-order valence-corrected chi connectivity index (χ1v) is 10.6. The monoisotopic (exact) mass is 502 g/mol. The van der Waals surface area contributed by atoms with Gasteiger partial charge in [-0.25, -0.2) is 19.3 Å². The van der Waals surface area contributed by atoms with Crippen LogP contribution >= 0.6 is 0 Å². The number of ether oxygens (including phenoxy) is 2. The van der Waals surface area contributed by atoms with Crippen molar-refractivity contribution >= 4 is 17.6 Å². The van der Waals surface area contributed by atoms with Crippen LogP contribution in [-0.2, 0) is 6.18 Å². The minimum atomic E-state index is -4.65. The molecule has 3 heterocycles. The molecular weight excluding hydrogens is 481 g/mol. The van der Waals surface area contributed by atoms with Gasteiger partial charge in [-0.05, 0) is 42.8 Å². The molecule has 0 unspecified atom stereocenters. The Kier molecular flexibility index (Phi) is 6.81. The van der Waals surface area contributed by atoms with E-state index in [4.69, 9.17) is 20.3 Å². The van der Waals surface area contributed by atoms with Crippen LogP contribution in [0.4, 0.5) is 23.8 Å². The lowest BCUT2D eigenvalue weighted by Gasteiger charge is -2.13. The lowest BCUT2D eigenvalue weighted by Crippen LogP contribution is -2.23. The fourth-order valence-corrected chi connectivity index (χ4v) is 3.46. The predicted molar refractivity (Wildman–Crippen MR) is 124 cm³/mol. The summed E-state index contributed by atoms with van der Waals surface area (Å²) >= 11 is 0. The Morgan fingerprint density at radius 1 is 1.11 bits per heavy atom. The Bertz CT molecular complexity index is 1410. The molecule has 0 saturated heterocycles. The highest BCUT2D eigenvalue weighted by Crippen LogP contribution is 2.35. The second-order valence-electron chi connectivity index (χ2n) is 7.59. The number of pyridine rings is 1. The lowest BCUT2D eigenvalue weighted by atomic mass is 10.1. The molecule has 0 saturated carbocycles. The van der Waals surface area contributed by atoms with E-state index in [9.17, 15) is 18.0 Å². The summed E-state index contributed by atoms with van der Waals surface area (Å²) in [5, 5.41) is 15.3. The second kappa shape index (κ2) is 9.98. The van der Waals surface area contributed by atoms with Crippen molar-refractivity contribution in [3.05, 3.63) is 54.4 Å². The average molecular weight is 502 g/mol. The van der Waals surface area contributed by atoms with Crippen LogP contribution in [0.3, 0.4) is 0 Å². The molecule has 4 rings (SSSR count). The molecule has 0 aliphatic carbocycles. The summed E-state index contributed by atoms with van der Waals surface area (Å²) < 4.78 is 52.5. The number of hydrogen-bond acceptors (Lipinski definition) is 7. The minimum Gasteiger partial charge on any atom is -0.493 e. The number of nitrogens with zero attached hydrogens (tertiary/aromatic N) is 4. The van der Waals surface area contributed by atoms with Crippen LogP contribution < -0.4 is 20.5 Å². The number of alkyl halides is 3. The summed E-state index contributed by atoms with van der Waals surface area (Å²) in [5.41, 5.74) is 6.51. The number of nitrogens with two attached hydrogens (primary N) is 1. The first-order chi connectivity index (χ1) is 17.2. The maximum absolute atomic E-state index is 13.3. The van der Waals surface area contributed by atoms with Crippen LogP contribution in [0.25, 0.3) is 28.2 Å². The molecule has 4 aromatic rings. The highest BCUT2D eigenvalue weighted by molar-refractivity contribution is 5.69. The number of carboxylic acid groups (broad SMARTS) is 1. The van der Waals surface area contributed by atoms with Gasteiger partial charge in [-0.2, -0.15) is 18.3 Å². The molecule has 36 heavy (non-hydrogen) atoms. The van der Waals surface area contributed by atoms with Crippen molar-refractivity contribution in [1.82, 2.24) is 24.9 Å². The summed E-state index contributed by atoms with van der Waals surface area (Å²) in [6.07, 6.45) is -2.47. The van der Waals surface area contributed by atoms with E-state index in [1.54, 1.807) is 36.5 Å². The van der Waals surface area contributed by atoms with Crippen LogP contribution in [0, 0.1) is 0 Å². The van der Waals surface area contributed by atoms with Crippen molar-refractivity contribution in [2.45, 2.75) is 12.6 Å². The topological polar surface area (TPSA) is 137 Å². The number of nitrogens with one attached hydrogen (secondary N) is 1. The number of carbonyl (C=O) groups is 1. The van der Waals surface area contributed by atoms with E-state index in [1.807, 2.05) is 0 Å². The largest absolute Gasteiger partial charge is 0.493 e. The van der Waals surface area contributed by atoms with Crippen molar-refractivity contribution in [2.75, 3.05) is 26.0 Å². The van der Waals surface area contributed by atoms with Crippen molar-refractivity contribution < 1.29 is 32.5 Å². The number of halogens is 3. The molecule has 0 spiro atoms. The molecule has 0 aliphatic heterocycles. The highest BCUT2D eigenvalue weighted by atomic mass is 19.4. The number of benzene rings is 1. The van der Waals surface area contributed by atoms with Gasteiger partial charge in [-0.15, -0.1) is 0 Å². The normalized spacial score (nSPS) is 11.4. The zero-order valence-electron chi connectivity index (χ0n) is 18.9. The number of nitrogen functional groups attached to an aromatic ring is 1. The summed E-state index contributed by atoms with van der Waals surface area (Å²) in [6.45, 7) is 0.519. The third-order valence-electron chi connectivity index (χ3n) is 5.20. The minimum absolute atomic E-state index is 0.150. The molecule has 3 aromatic heterocycles. The maximum atomic E-state index is 13.3. The number of aromatic nitrogens is 4. The molecular formula is C23H21F3N6O4. The van der Waals surface area contributed by atoms with E-state index < -0.39 is 23.7 Å². The third-order valence-corrected chi connectivity index (χ3v) is 5.20. The molecule has 0 radical (unpaired) electrons. The van der Waals surface area contributed by atoms with Gasteiger partial charge in [0.15, 0.2) is 17.1 Å². The molecule has 0 atom stereocenters. The zero-order valence-corrected chi connectivity index (χ0v) is 18.9. The van der Waals surface area contributed by atoms with Gasteiger partial charge in [0.05, 0.1) is 36.9 Å². The van der Waals surface area contributed by atoms with Gasteiger partial charge in [0.25, 0.3) is 0 Å². The Balaban J connectivity index is 1.63. The van der Waals surface area contributed by atoms with E-state index in [0.717, 1.165) is 6.07 Å². The molecule has 4 N–H and O–H groups in total. The first kappa shape index (κ1) is 24.6. The summed E-state index contributed by atoms with van der Waals surface area (Å²) in [4.78, 5) is 18.5. The standard InChI is InChI=1S/C23H21F3N6O4/c1-35-19-10-13(3-5-18(19)36-8-2-7-28-22(33)34)17-12-29-20-6-4-16(31-32(17)20)14-9-15(23(24,25)26)21(27)30-11-14/h3-6,9-12,28H,2,7-8H2,1H3,(H2,27,30)(H,33,34). The quantitative estimate of drug-likeness (QED) is 0.306. The van der Waals surface area contributed by atoms with Crippen molar-refractivity contribution in [3.63, 3.8) is 0 Å². The number of anilines is 1. The molecule has 1 aromatic carbocycles. The van der Waals surface area contributed by atoms with E-state index in [1.165, 1.54) is 17.8 Å². The van der Waals surface area contributed by atoms with Gasteiger partial charge >= 0.3 is 12.3 Å². The van der Waals surface area contributed by atoms with Gasteiger partial charge in [-0.1, -0.05) is 0 Å². The van der Waals surface area contributed by atoms with Crippen LogP contribution in [0.5, 0.6) is 11.5 Å². The smallest absolute Gasteiger partial charge is 0.419 e. The molecule has 0 fully saturated rings. The van der Waals surface area contributed by atoms with Gasteiger partial charge in [0.2, 0.25) is 0 Å². The van der Waals surface area contributed by atoms with Crippen LogP contribution in [-0.4, -0.2) is 51.0 Å². The molecule has 1 amide bonds. The summed E-state index contributed by atoms with van der Waals surface area (Å²) in [5.74, 6) is 0.289. The Hall–Kier alpha value is -4.55. The number of imidazole rings is 1.